The van der Waals surface area contributed by atoms with Gasteiger partial charge < -0.3 is 0 Å². The predicted molar refractivity (Wildman–Crippen MR) is 45.4 cm³/mol. The van der Waals surface area contributed by atoms with Crippen LogP contribution >= 0.6 is 0 Å². The number of carbonyl (C=O) groups is 1. The molecule has 1 N–H and O–H groups in total. The third-order valence-electron chi connectivity index (χ3n) is 2.54. The highest BCUT2D eigenvalue weighted by Crippen LogP contribution is 2.40. The second-order valence-electron chi connectivity index (χ2n) is 3.68. The Balaban J connectivity index is 2.59. The molecule has 3 nitrogen and oxygen atoms in total. The van der Waals surface area contributed by atoms with E-state index in [0.717, 1.165) is 5.69 Å². The summed E-state index contributed by atoms with van der Waals surface area (Å²) in [4.78, 5) is 11.1. The molecule has 13 heavy (non-hydrogen) atoms. The molecule has 0 spiro atoms. The van der Waals surface area contributed by atoms with E-state index in [2.05, 4.69) is 10.2 Å². The average molecular weight is 182 g/mol. The van der Waals surface area contributed by atoms with E-state index in [9.17, 15) is 9.18 Å². The number of aromatic amines is 1. The highest BCUT2D eigenvalue weighted by molar-refractivity contribution is 5.94. The molecule has 0 amide bonds. The maximum Gasteiger partial charge on any atom is 0.180 e. The summed E-state index contributed by atoms with van der Waals surface area (Å²) in [6, 6.07) is 0. The number of aromatic nitrogens is 2. The van der Waals surface area contributed by atoms with Crippen LogP contribution in [-0.2, 0) is 12.1 Å². The lowest BCUT2D eigenvalue weighted by atomic mass is 9.99. The van der Waals surface area contributed by atoms with Crippen LogP contribution in [0.2, 0.25) is 0 Å². The van der Waals surface area contributed by atoms with E-state index < -0.39 is 5.67 Å². The fraction of sp³-hybridized carbons (Fsp3) is 0.556. The molecule has 4 heteroatoms. The topological polar surface area (TPSA) is 45.8 Å². The Morgan fingerprint density at radius 3 is 3.00 bits per heavy atom. The zero-order valence-corrected chi connectivity index (χ0v) is 7.65. The molecule has 1 aromatic heterocycles. The fourth-order valence-corrected chi connectivity index (χ4v) is 1.86. The van der Waals surface area contributed by atoms with Crippen molar-refractivity contribution in [2.75, 3.05) is 0 Å². The molecule has 1 aromatic rings. The summed E-state index contributed by atoms with van der Waals surface area (Å²) in [5, 5.41) is 6.53. The van der Waals surface area contributed by atoms with Crippen molar-refractivity contribution in [3.05, 3.63) is 17.0 Å². The van der Waals surface area contributed by atoms with Crippen molar-refractivity contribution in [2.45, 2.75) is 32.4 Å². The molecule has 1 aliphatic carbocycles. The Morgan fingerprint density at radius 2 is 2.38 bits per heavy atom. The van der Waals surface area contributed by atoms with E-state index in [1.54, 1.807) is 0 Å². The van der Waals surface area contributed by atoms with Crippen molar-refractivity contribution in [2.24, 2.45) is 0 Å². The van der Waals surface area contributed by atoms with E-state index in [0.29, 0.717) is 18.4 Å². The van der Waals surface area contributed by atoms with Gasteiger partial charge in [0.1, 0.15) is 11.4 Å². The lowest BCUT2D eigenvalue weighted by Gasteiger charge is -2.12. The number of halogens is 1. The Labute approximate surface area is 75.3 Å². The SMILES string of the molecule is CC(=O)c1n[nH]c2c1C(C)(F)CC2. The van der Waals surface area contributed by atoms with Crippen molar-refractivity contribution in [1.29, 1.82) is 0 Å². The Kier molecular flexibility index (Phi) is 1.55. The molecule has 1 aliphatic rings. The molecule has 70 valence electrons. The molecule has 0 aliphatic heterocycles. The number of hydrogen-bond acceptors (Lipinski definition) is 2. The number of ketones is 1. The van der Waals surface area contributed by atoms with Gasteiger partial charge in [0, 0.05) is 18.2 Å². The number of Topliss-reactive ketones (excluding diaryl/α,β-unsaturated/α-hetero) is 1. The Hall–Kier alpha value is -1.19. The summed E-state index contributed by atoms with van der Waals surface area (Å²) in [6.45, 7) is 2.91. The summed E-state index contributed by atoms with van der Waals surface area (Å²) >= 11 is 0. The van der Waals surface area contributed by atoms with Crippen molar-refractivity contribution < 1.29 is 9.18 Å². The second kappa shape index (κ2) is 2.40. The number of fused-ring (bicyclic) bond motifs is 1. The van der Waals surface area contributed by atoms with Gasteiger partial charge in [0.05, 0.1) is 0 Å². The van der Waals surface area contributed by atoms with Gasteiger partial charge in [0.15, 0.2) is 5.78 Å². The first-order chi connectivity index (χ1) is 6.02. The maximum absolute atomic E-state index is 13.8. The Morgan fingerprint density at radius 1 is 1.69 bits per heavy atom. The van der Waals surface area contributed by atoms with Gasteiger partial charge in [-0.05, 0) is 19.8 Å². The van der Waals surface area contributed by atoms with Crippen LogP contribution in [-0.4, -0.2) is 16.0 Å². The maximum atomic E-state index is 13.8. The quantitative estimate of drug-likeness (QED) is 0.672. The number of alkyl halides is 1. The molecular formula is C9H11FN2O. The van der Waals surface area contributed by atoms with Gasteiger partial charge in [-0.2, -0.15) is 5.10 Å². The minimum atomic E-state index is -1.39. The summed E-state index contributed by atoms with van der Waals surface area (Å²) in [5.41, 5.74) is 0.122. The van der Waals surface area contributed by atoms with Crippen LogP contribution in [0.3, 0.4) is 0 Å². The van der Waals surface area contributed by atoms with Crippen LogP contribution < -0.4 is 0 Å². The molecule has 2 rings (SSSR count). The monoisotopic (exact) mass is 182 g/mol. The van der Waals surface area contributed by atoms with Crippen molar-refractivity contribution in [1.82, 2.24) is 10.2 Å². The van der Waals surface area contributed by atoms with Crippen molar-refractivity contribution >= 4 is 5.78 Å². The zero-order valence-electron chi connectivity index (χ0n) is 7.65. The number of aryl methyl sites for hydroxylation is 1. The van der Waals surface area contributed by atoms with Gasteiger partial charge in [-0.15, -0.1) is 0 Å². The second-order valence-corrected chi connectivity index (χ2v) is 3.68. The smallest absolute Gasteiger partial charge is 0.180 e. The van der Waals surface area contributed by atoms with E-state index in [4.69, 9.17) is 0 Å². The first kappa shape index (κ1) is 8.41. The van der Waals surface area contributed by atoms with Gasteiger partial charge in [0.2, 0.25) is 0 Å². The number of H-pyrrole nitrogens is 1. The van der Waals surface area contributed by atoms with Crippen LogP contribution in [0.4, 0.5) is 4.39 Å². The number of nitrogens with zero attached hydrogens (tertiary/aromatic N) is 1. The highest BCUT2D eigenvalue weighted by Gasteiger charge is 2.39. The average Bonchev–Trinajstić information content (AvgIpc) is 2.53. The summed E-state index contributed by atoms with van der Waals surface area (Å²) < 4.78 is 13.8. The molecule has 1 atom stereocenters. The minimum absolute atomic E-state index is 0.178. The minimum Gasteiger partial charge on any atom is -0.293 e. The predicted octanol–water partition coefficient (Wildman–Crippen LogP) is 1.74. The molecule has 0 saturated heterocycles. The zero-order chi connectivity index (χ0) is 9.64. The van der Waals surface area contributed by atoms with Gasteiger partial charge in [-0.1, -0.05) is 0 Å². The molecule has 0 fully saturated rings. The van der Waals surface area contributed by atoms with E-state index in [-0.39, 0.29) is 11.5 Å². The van der Waals surface area contributed by atoms with E-state index in [1.807, 2.05) is 0 Å². The van der Waals surface area contributed by atoms with Gasteiger partial charge >= 0.3 is 0 Å². The number of hydrogen-bond donors (Lipinski definition) is 1. The Bertz CT molecular complexity index is 368. The molecule has 0 saturated carbocycles. The third kappa shape index (κ3) is 1.08. The largest absolute Gasteiger partial charge is 0.293 e. The van der Waals surface area contributed by atoms with Gasteiger partial charge in [0.25, 0.3) is 0 Å². The molecular weight excluding hydrogens is 171 g/mol. The normalized spacial score (nSPS) is 26.1. The van der Waals surface area contributed by atoms with Crippen LogP contribution in [0.1, 0.15) is 42.0 Å². The van der Waals surface area contributed by atoms with Crippen molar-refractivity contribution in [3.63, 3.8) is 0 Å². The van der Waals surface area contributed by atoms with E-state index >= 15 is 0 Å². The fourth-order valence-electron chi connectivity index (χ4n) is 1.86. The summed E-state index contributed by atoms with van der Waals surface area (Å²) in [5.74, 6) is -0.178. The molecule has 0 radical (unpaired) electrons. The third-order valence-corrected chi connectivity index (χ3v) is 2.54. The lowest BCUT2D eigenvalue weighted by molar-refractivity contribution is 0.1000. The van der Waals surface area contributed by atoms with Gasteiger partial charge in [-0.25, -0.2) is 4.39 Å². The van der Waals surface area contributed by atoms with Gasteiger partial charge in [-0.3, -0.25) is 9.89 Å². The van der Waals surface area contributed by atoms with Crippen molar-refractivity contribution in [3.8, 4) is 0 Å². The number of carbonyl (C=O) groups excluding carboxylic acids is 1. The lowest BCUT2D eigenvalue weighted by Crippen LogP contribution is -2.13. The molecule has 1 unspecified atom stereocenters. The van der Waals surface area contributed by atoms with Crippen LogP contribution in [0.25, 0.3) is 0 Å². The highest BCUT2D eigenvalue weighted by atomic mass is 19.1. The molecule has 0 aromatic carbocycles. The van der Waals surface area contributed by atoms with E-state index in [1.165, 1.54) is 13.8 Å². The standard InChI is InChI=1S/C9H11FN2O/c1-5(13)8-7-6(11-12-8)3-4-9(7,2)10/h3-4H2,1-2H3,(H,11,12). The van der Waals surface area contributed by atoms with Crippen LogP contribution in [0, 0.1) is 0 Å². The first-order valence-electron chi connectivity index (χ1n) is 4.30. The molecule has 0 bridgehead atoms. The van der Waals surface area contributed by atoms with Crippen LogP contribution in [0.15, 0.2) is 0 Å². The molecule has 1 heterocycles. The number of rotatable bonds is 1. The van der Waals surface area contributed by atoms with Crippen LogP contribution in [0.5, 0.6) is 0 Å². The summed E-state index contributed by atoms with van der Waals surface area (Å²) in [6.07, 6.45) is 1.08. The number of nitrogens with one attached hydrogen (secondary N) is 1. The first-order valence-corrected chi connectivity index (χ1v) is 4.30. The summed E-state index contributed by atoms with van der Waals surface area (Å²) in [7, 11) is 0.